The summed E-state index contributed by atoms with van der Waals surface area (Å²) in [6.45, 7) is 2.26. The van der Waals surface area contributed by atoms with Gasteiger partial charge in [0.15, 0.2) is 0 Å². The molecule has 0 fully saturated rings. The van der Waals surface area contributed by atoms with E-state index in [0.29, 0.717) is 6.54 Å². The highest BCUT2D eigenvalue weighted by Gasteiger charge is 2.31. The standard InChI is InChI=1S/C21H17F3N2O3/c1-14-4-2-5-15(12-14)13-26-11-3-6-18(20(26)28)19(27)25-16-7-9-17(10-8-16)29-21(22,23)24/h2-12H,13H2,1H3,(H,25,27). The number of pyridine rings is 1. The number of amides is 1. The number of hydrogen-bond acceptors (Lipinski definition) is 3. The van der Waals surface area contributed by atoms with Gasteiger partial charge in [-0.2, -0.15) is 0 Å². The molecule has 0 radical (unpaired) electrons. The number of nitrogens with zero attached hydrogens (tertiary/aromatic N) is 1. The number of alkyl halides is 3. The fraction of sp³-hybridized carbons (Fsp3) is 0.143. The number of benzene rings is 2. The Morgan fingerprint density at radius 2 is 1.79 bits per heavy atom. The summed E-state index contributed by atoms with van der Waals surface area (Å²) in [4.78, 5) is 25.1. The zero-order valence-electron chi connectivity index (χ0n) is 15.4. The summed E-state index contributed by atoms with van der Waals surface area (Å²) < 4.78 is 41.8. The summed E-state index contributed by atoms with van der Waals surface area (Å²) in [6, 6.07) is 15.3. The summed E-state index contributed by atoms with van der Waals surface area (Å²) >= 11 is 0. The second-order valence-corrected chi connectivity index (χ2v) is 6.37. The minimum Gasteiger partial charge on any atom is -0.406 e. The largest absolute Gasteiger partial charge is 0.573 e. The maximum atomic E-state index is 12.7. The van der Waals surface area contributed by atoms with E-state index in [2.05, 4.69) is 10.1 Å². The molecular weight excluding hydrogens is 385 g/mol. The molecule has 0 unspecified atom stereocenters. The molecule has 0 aliphatic heterocycles. The second kappa shape index (κ2) is 8.22. The Morgan fingerprint density at radius 1 is 1.07 bits per heavy atom. The van der Waals surface area contributed by atoms with Gasteiger partial charge in [0.05, 0.1) is 6.54 Å². The number of anilines is 1. The summed E-state index contributed by atoms with van der Waals surface area (Å²) in [5.41, 5.74) is 1.67. The Hall–Kier alpha value is -3.55. The van der Waals surface area contributed by atoms with Gasteiger partial charge in [-0.15, -0.1) is 13.2 Å². The molecule has 5 nitrogen and oxygen atoms in total. The number of carbonyl (C=O) groups is 1. The molecule has 8 heteroatoms. The van der Waals surface area contributed by atoms with E-state index in [4.69, 9.17) is 0 Å². The van der Waals surface area contributed by atoms with Crippen molar-refractivity contribution in [1.29, 1.82) is 0 Å². The van der Waals surface area contributed by atoms with Gasteiger partial charge in [0.1, 0.15) is 11.3 Å². The van der Waals surface area contributed by atoms with Crippen molar-refractivity contribution < 1.29 is 22.7 Å². The van der Waals surface area contributed by atoms with Crippen molar-refractivity contribution in [2.24, 2.45) is 0 Å². The molecule has 29 heavy (non-hydrogen) atoms. The molecule has 1 N–H and O–H groups in total. The molecule has 3 rings (SSSR count). The van der Waals surface area contributed by atoms with Crippen LogP contribution in [0.15, 0.2) is 71.7 Å². The van der Waals surface area contributed by atoms with Crippen molar-refractivity contribution in [3.8, 4) is 5.75 Å². The Bertz CT molecular complexity index is 1070. The van der Waals surface area contributed by atoms with Gasteiger partial charge in [0.25, 0.3) is 11.5 Å². The number of rotatable bonds is 5. The average Bonchev–Trinajstić information content (AvgIpc) is 2.64. The number of hydrogen-bond donors (Lipinski definition) is 1. The normalized spacial score (nSPS) is 11.2. The zero-order valence-corrected chi connectivity index (χ0v) is 15.4. The first-order valence-corrected chi connectivity index (χ1v) is 8.63. The Kier molecular flexibility index (Phi) is 5.72. The molecule has 3 aromatic rings. The second-order valence-electron chi connectivity index (χ2n) is 6.37. The van der Waals surface area contributed by atoms with Gasteiger partial charge in [-0.1, -0.05) is 29.8 Å². The predicted molar refractivity (Wildman–Crippen MR) is 102 cm³/mol. The summed E-state index contributed by atoms with van der Waals surface area (Å²) in [5.74, 6) is -1.06. The minimum atomic E-state index is -4.79. The van der Waals surface area contributed by atoms with Gasteiger partial charge in [-0.3, -0.25) is 9.59 Å². The fourth-order valence-electron chi connectivity index (χ4n) is 2.78. The Labute approximate surface area is 164 Å². The third-order valence-electron chi connectivity index (χ3n) is 4.05. The van der Waals surface area contributed by atoms with Crippen LogP contribution in [-0.4, -0.2) is 16.8 Å². The van der Waals surface area contributed by atoms with Crippen molar-refractivity contribution in [3.63, 3.8) is 0 Å². The highest BCUT2D eigenvalue weighted by Crippen LogP contribution is 2.24. The van der Waals surface area contributed by atoms with E-state index < -0.39 is 23.6 Å². The van der Waals surface area contributed by atoms with Crippen LogP contribution in [0.4, 0.5) is 18.9 Å². The van der Waals surface area contributed by atoms with Crippen LogP contribution in [0.2, 0.25) is 0 Å². The molecule has 150 valence electrons. The van der Waals surface area contributed by atoms with Gasteiger partial charge in [0, 0.05) is 11.9 Å². The Morgan fingerprint density at radius 3 is 2.45 bits per heavy atom. The number of carbonyl (C=O) groups excluding carboxylic acids is 1. The number of halogens is 3. The van der Waals surface area contributed by atoms with Crippen LogP contribution in [0, 0.1) is 6.92 Å². The Balaban J connectivity index is 1.75. The smallest absolute Gasteiger partial charge is 0.406 e. The van der Waals surface area contributed by atoms with E-state index >= 15 is 0 Å². The molecule has 0 saturated heterocycles. The van der Waals surface area contributed by atoms with Gasteiger partial charge in [0.2, 0.25) is 0 Å². The van der Waals surface area contributed by atoms with Crippen molar-refractivity contribution >= 4 is 11.6 Å². The molecule has 0 atom stereocenters. The summed E-state index contributed by atoms with van der Waals surface area (Å²) in [5, 5.41) is 2.50. The van der Waals surface area contributed by atoms with E-state index in [-0.39, 0.29) is 11.3 Å². The molecule has 1 amide bonds. The monoisotopic (exact) mass is 402 g/mol. The van der Waals surface area contributed by atoms with Crippen LogP contribution in [0.5, 0.6) is 5.75 Å². The highest BCUT2D eigenvalue weighted by atomic mass is 19.4. The first-order chi connectivity index (χ1) is 13.7. The minimum absolute atomic E-state index is 0.0734. The van der Waals surface area contributed by atoms with Crippen LogP contribution in [-0.2, 0) is 6.54 Å². The fourth-order valence-corrected chi connectivity index (χ4v) is 2.78. The molecule has 0 aliphatic rings. The molecule has 0 aliphatic carbocycles. The zero-order chi connectivity index (χ0) is 21.0. The van der Waals surface area contributed by atoms with Crippen LogP contribution < -0.4 is 15.6 Å². The molecular formula is C21H17F3N2O3. The lowest BCUT2D eigenvalue weighted by atomic mass is 10.1. The average molecular weight is 402 g/mol. The van der Waals surface area contributed by atoms with Crippen LogP contribution in [0.25, 0.3) is 0 Å². The lowest BCUT2D eigenvalue weighted by Gasteiger charge is -2.11. The third kappa shape index (κ3) is 5.47. The van der Waals surface area contributed by atoms with Crippen LogP contribution in [0.3, 0.4) is 0 Å². The van der Waals surface area contributed by atoms with Gasteiger partial charge < -0.3 is 14.6 Å². The SMILES string of the molecule is Cc1cccc(Cn2cccc(C(=O)Nc3ccc(OC(F)(F)F)cc3)c2=O)c1. The maximum Gasteiger partial charge on any atom is 0.573 e. The number of nitrogens with one attached hydrogen (secondary N) is 1. The van der Waals surface area contributed by atoms with Crippen molar-refractivity contribution in [2.75, 3.05) is 5.32 Å². The summed E-state index contributed by atoms with van der Waals surface area (Å²) in [6.07, 6.45) is -3.21. The van der Waals surface area contributed by atoms with E-state index in [1.165, 1.54) is 22.8 Å². The molecule has 1 heterocycles. The van der Waals surface area contributed by atoms with E-state index in [0.717, 1.165) is 23.3 Å². The van der Waals surface area contributed by atoms with E-state index in [1.54, 1.807) is 12.3 Å². The number of aromatic nitrogens is 1. The van der Waals surface area contributed by atoms with Crippen LogP contribution >= 0.6 is 0 Å². The molecule has 1 aromatic heterocycles. The number of aryl methyl sites for hydroxylation is 1. The maximum absolute atomic E-state index is 12.7. The topological polar surface area (TPSA) is 60.3 Å². The predicted octanol–water partition coefficient (Wildman–Crippen LogP) is 4.36. The molecule has 0 bridgehead atoms. The quantitative estimate of drug-likeness (QED) is 0.690. The molecule has 0 spiro atoms. The first kappa shape index (κ1) is 20.2. The van der Waals surface area contributed by atoms with Crippen molar-refractivity contribution in [2.45, 2.75) is 19.8 Å². The van der Waals surface area contributed by atoms with E-state index in [9.17, 15) is 22.8 Å². The van der Waals surface area contributed by atoms with Gasteiger partial charge >= 0.3 is 6.36 Å². The number of ether oxygens (including phenoxy) is 1. The van der Waals surface area contributed by atoms with Crippen molar-refractivity contribution in [1.82, 2.24) is 4.57 Å². The van der Waals surface area contributed by atoms with Crippen LogP contribution in [0.1, 0.15) is 21.5 Å². The first-order valence-electron chi connectivity index (χ1n) is 8.63. The van der Waals surface area contributed by atoms with Gasteiger partial charge in [-0.25, -0.2) is 0 Å². The summed E-state index contributed by atoms with van der Waals surface area (Å²) in [7, 11) is 0. The van der Waals surface area contributed by atoms with E-state index in [1.807, 2.05) is 31.2 Å². The third-order valence-corrected chi connectivity index (χ3v) is 4.05. The molecule has 0 saturated carbocycles. The van der Waals surface area contributed by atoms with Crippen molar-refractivity contribution in [3.05, 3.63) is 93.9 Å². The van der Waals surface area contributed by atoms with Gasteiger partial charge in [-0.05, 0) is 48.9 Å². The molecule has 2 aromatic carbocycles. The lowest BCUT2D eigenvalue weighted by Crippen LogP contribution is -2.29. The lowest BCUT2D eigenvalue weighted by molar-refractivity contribution is -0.274. The highest BCUT2D eigenvalue weighted by molar-refractivity contribution is 6.04.